The summed E-state index contributed by atoms with van der Waals surface area (Å²) in [7, 11) is 0. The molecule has 0 spiro atoms. The number of hydrogen-bond acceptors (Lipinski definition) is 2. The molecule has 0 unspecified atom stereocenters. The molecule has 1 aliphatic rings. The molecule has 0 radical (unpaired) electrons. The summed E-state index contributed by atoms with van der Waals surface area (Å²) >= 11 is 1.92. The molecule has 2 heteroatoms. The summed E-state index contributed by atoms with van der Waals surface area (Å²) in [5.74, 6) is 1.18. The Labute approximate surface area is 73.7 Å². The summed E-state index contributed by atoms with van der Waals surface area (Å²) in [5, 5.41) is 1.40. The highest BCUT2D eigenvalue weighted by molar-refractivity contribution is 8.13. The standard InChI is InChI=1S/C9H17NS/c1-2-11-9-7-5-3-4-6-8-10-9/h2-8H2,1H3. The summed E-state index contributed by atoms with van der Waals surface area (Å²) < 4.78 is 0. The Morgan fingerprint density at radius 2 is 2.09 bits per heavy atom. The lowest BCUT2D eigenvalue weighted by atomic mass is 10.1. The van der Waals surface area contributed by atoms with Crippen molar-refractivity contribution in [3.8, 4) is 0 Å². The maximum atomic E-state index is 4.55. The summed E-state index contributed by atoms with van der Waals surface area (Å²) in [6, 6.07) is 0. The van der Waals surface area contributed by atoms with E-state index in [1.165, 1.54) is 42.9 Å². The van der Waals surface area contributed by atoms with Gasteiger partial charge in [0.1, 0.15) is 0 Å². The van der Waals surface area contributed by atoms with Crippen LogP contribution in [0.5, 0.6) is 0 Å². The van der Waals surface area contributed by atoms with E-state index in [1.54, 1.807) is 0 Å². The third-order valence-electron chi connectivity index (χ3n) is 1.90. The molecular weight excluding hydrogens is 154 g/mol. The molecule has 0 amide bonds. The highest BCUT2D eigenvalue weighted by atomic mass is 32.2. The Bertz CT molecular complexity index is 132. The van der Waals surface area contributed by atoms with Crippen molar-refractivity contribution >= 4 is 16.8 Å². The van der Waals surface area contributed by atoms with Gasteiger partial charge in [-0.3, -0.25) is 4.99 Å². The van der Waals surface area contributed by atoms with Gasteiger partial charge >= 0.3 is 0 Å². The van der Waals surface area contributed by atoms with E-state index < -0.39 is 0 Å². The van der Waals surface area contributed by atoms with Crippen molar-refractivity contribution in [2.75, 3.05) is 12.3 Å². The van der Waals surface area contributed by atoms with Crippen molar-refractivity contribution in [1.29, 1.82) is 0 Å². The predicted octanol–water partition coefficient (Wildman–Crippen LogP) is 3.10. The average molecular weight is 171 g/mol. The van der Waals surface area contributed by atoms with Gasteiger partial charge in [-0.05, 0) is 25.0 Å². The number of thioether (sulfide) groups is 1. The minimum Gasteiger partial charge on any atom is -0.283 e. The van der Waals surface area contributed by atoms with Gasteiger partial charge < -0.3 is 0 Å². The summed E-state index contributed by atoms with van der Waals surface area (Å²) in [5.41, 5.74) is 0. The van der Waals surface area contributed by atoms with Crippen LogP contribution < -0.4 is 0 Å². The SMILES string of the molecule is CCSC1=NCCCCCC1. The van der Waals surface area contributed by atoms with Crippen LogP contribution in [0.3, 0.4) is 0 Å². The van der Waals surface area contributed by atoms with E-state index in [1.807, 2.05) is 11.8 Å². The smallest absolute Gasteiger partial charge is 0.0675 e. The molecule has 0 aromatic carbocycles. The fourth-order valence-electron chi connectivity index (χ4n) is 1.31. The maximum Gasteiger partial charge on any atom is 0.0675 e. The molecular formula is C9H17NS. The van der Waals surface area contributed by atoms with E-state index in [-0.39, 0.29) is 0 Å². The first kappa shape index (κ1) is 9.11. The molecule has 0 atom stereocenters. The minimum atomic E-state index is 1.07. The van der Waals surface area contributed by atoms with Gasteiger partial charge in [0.2, 0.25) is 0 Å². The lowest BCUT2D eigenvalue weighted by Crippen LogP contribution is -1.99. The third-order valence-corrected chi connectivity index (χ3v) is 2.85. The van der Waals surface area contributed by atoms with Crippen LogP contribution in [0.15, 0.2) is 4.99 Å². The number of rotatable bonds is 1. The van der Waals surface area contributed by atoms with Crippen molar-refractivity contribution in [1.82, 2.24) is 0 Å². The van der Waals surface area contributed by atoms with Gasteiger partial charge in [0, 0.05) is 6.54 Å². The zero-order valence-electron chi connectivity index (χ0n) is 7.31. The fraction of sp³-hybridized carbons (Fsp3) is 0.889. The Balaban J connectivity index is 2.32. The third kappa shape index (κ3) is 3.80. The molecule has 0 saturated heterocycles. The highest BCUT2D eigenvalue weighted by Gasteiger charge is 2.01. The number of hydrogen-bond donors (Lipinski definition) is 0. The Kier molecular flexibility index (Phi) is 4.67. The first-order valence-corrected chi connectivity index (χ1v) is 5.58. The van der Waals surface area contributed by atoms with Crippen LogP contribution in [0.25, 0.3) is 0 Å². The summed E-state index contributed by atoms with van der Waals surface area (Å²) in [6.07, 6.45) is 6.68. The molecule has 64 valence electrons. The first-order chi connectivity index (χ1) is 5.43. The van der Waals surface area contributed by atoms with Crippen molar-refractivity contribution in [3.05, 3.63) is 0 Å². The highest BCUT2D eigenvalue weighted by Crippen LogP contribution is 2.15. The fourth-order valence-corrected chi connectivity index (χ4v) is 2.11. The lowest BCUT2D eigenvalue weighted by Gasteiger charge is -2.08. The lowest BCUT2D eigenvalue weighted by molar-refractivity contribution is 0.647. The Hall–Kier alpha value is 0.0200. The van der Waals surface area contributed by atoms with Crippen LogP contribution in [0.2, 0.25) is 0 Å². The molecule has 11 heavy (non-hydrogen) atoms. The van der Waals surface area contributed by atoms with E-state index in [0.29, 0.717) is 0 Å². The van der Waals surface area contributed by atoms with Gasteiger partial charge in [0.15, 0.2) is 0 Å². The number of aliphatic imine (C=N–C) groups is 1. The van der Waals surface area contributed by atoms with Crippen LogP contribution in [-0.2, 0) is 0 Å². The first-order valence-electron chi connectivity index (χ1n) is 4.59. The second kappa shape index (κ2) is 5.64. The van der Waals surface area contributed by atoms with Crippen molar-refractivity contribution < 1.29 is 0 Å². The van der Waals surface area contributed by atoms with Gasteiger partial charge in [0.25, 0.3) is 0 Å². The van der Waals surface area contributed by atoms with Crippen LogP contribution >= 0.6 is 11.8 Å². The molecule has 0 aromatic heterocycles. The van der Waals surface area contributed by atoms with Gasteiger partial charge in [-0.15, -0.1) is 11.8 Å². The molecule has 1 heterocycles. The normalized spacial score (nSPS) is 20.3. The quantitative estimate of drug-likeness (QED) is 0.590. The molecule has 0 N–H and O–H groups in total. The zero-order chi connectivity index (χ0) is 7.94. The van der Waals surface area contributed by atoms with E-state index in [4.69, 9.17) is 0 Å². The maximum absolute atomic E-state index is 4.55. The predicted molar refractivity (Wildman–Crippen MR) is 53.5 cm³/mol. The monoisotopic (exact) mass is 171 g/mol. The van der Waals surface area contributed by atoms with E-state index in [0.717, 1.165) is 6.54 Å². The van der Waals surface area contributed by atoms with E-state index in [9.17, 15) is 0 Å². The second-order valence-electron chi connectivity index (χ2n) is 2.87. The van der Waals surface area contributed by atoms with Gasteiger partial charge in [0.05, 0.1) is 5.04 Å². The van der Waals surface area contributed by atoms with Gasteiger partial charge in [-0.2, -0.15) is 0 Å². The van der Waals surface area contributed by atoms with Crippen molar-refractivity contribution in [2.45, 2.75) is 39.0 Å². The minimum absolute atomic E-state index is 1.07. The molecule has 0 fully saturated rings. The molecule has 1 aliphatic heterocycles. The summed E-state index contributed by atoms with van der Waals surface area (Å²) in [6.45, 7) is 3.27. The van der Waals surface area contributed by atoms with Crippen molar-refractivity contribution in [2.24, 2.45) is 4.99 Å². The van der Waals surface area contributed by atoms with Crippen LogP contribution in [0, 0.1) is 0 Å². The topological polar surface area (TPSA) is 12.4 Å². The number of nitrogens with zero attached hydrogens (tertiary/aromatic N) is 1. The molecule has 0 aliphatic carbocycles. The Morgan fingerprint density at radius 1 is 1.27 bits per heavy atom. The molecule has 1 nitrogen and oxygen atoms in total. The van der Waals surface area contributed by atoms with Gasteiger partial charge in [-0.1, -0.05) is 19.8 Å². The molecule has 0 saturated carbocycles. The average Bonchev–Trinajstić information content (AvgIpc) is 1.94. The second-order valence-corrected chi connectivity index (χ2v) is 4.21. The van der Waals surface area contributed by atoms with Crippen LogP contribution in [0.4, 0.5) is 0 Å². The van der Waals surface area contributed by atoms with Crippen LogP contribution in [-0.4, -0.2) is 17.3 Å². The summed E-state index contributed by atoms with van der Waals surface area (Å²) in [4.78, 5) is 4.55. The molecule has 0 aromatic rings. The molecule has 0 bridgehead atoms. The Morgan fingerprint density at radius 3 is 2.91 bits per heavy atom. The van der Waals surface area contributed by atoms with Crippen LogP contribution in [0.1, 0.15) is 39.0 Å². The zero-order valence-corrected chi connectivity index (χ0v) is 8.12. The van der Waals surface area contributed by atoms with Crippen molar-refractivity contribution in [3.63, 3.8) is 0 Å². The largest absolute Gasteiger partial charge is 0.283 e. The van der Waals surface area contributed by atoms with Gasteiger partial charge in [-0.25, -0.2) is 0 Å². The molecule has 1 rings (SSSR count). The van der Waals surface area contributed by atoms with E-state index >= 15 is 0 Å². The van der Waals surface area contributed by atoms with E-state index in [2.05, 4.69) is 11.9 Å².